The first-order chi connectivity index (χ1) is 9.70. The fourth-order valence-electron chi connectivity index (χ4n) is 3.33. The van der Waals surface area contributed by atoms with Crippen molar-refractivity contribution in [1.29, 1.82) is 0 Å². The first kappa shape index (κ1) is 15.0. The Morgan fingerprint density at radius 1 is 1.20 bits per heavy atom. The van der Waals surface area contributed by atoms with E-state index in [1.165, 1.54) is 44.1 Å². The number of allylic oxidation sites excluding steroid dienone is 1. The molecule has 1 aliphatic rings. The van der Waals surface area contributed by atoms with Crippen LogP contribution in [0.15, 0.2) is 36.9 Å². The summed E-state index contributed by atoms with van der Waals surface area (Å²) in [6.07, 6.45) is 11.2. The summed E-state index contributed by atoms with van der Waals surface area (Å²) in [5.41, 5.74) is 2.24. The van der Waals surface area contributed by atoms with Crippen LogP contribution in [0.25, 0.3) is 0 Å². The Kier molecular flexibility index (Phi) is 5.58. The maximum atomic E-state index is 11.3. The summed E-state index contributed by atoms with van der Waals surface area (Å²) >= 11 is 0. The van der Waals surface area contributed by atoms with Gasteiger partial charge in [0, 0.05) is 5.56 Å². The van der Waals surface area contributed by atoms with Gasteiger partial charge in [0.1, 0.15) is 0 Å². The number of rotatable bonds is 6. The van der Waals surface area contributed by atoms with Crippen molar-refractivity contribution in [3.63, 3.8) is 0 Å². The van der Waals surface area contributed by atoms with E-state index < -0.39 is 0 Å². The highest BCUT2D eigenvalue weighted by atomic mass is 16.1. The normalized spacial score (nSPS) is 22.4. The largest absolute Gasteiger partial charge is 0.295 e. The molecule has 20 heavy (non-hydrogen) atoms. The number of unbranched alkanes of at least 4 members (excludes halogenated alkanes) is 1. The fourth-order valence-corrected chi connectivity index (χ4v) is 3.33. The molecule has 108 valence electrons. The van der Waals surface area contributed by atoms with Crippen LogP contribution in [0, 0.1) is 5.92 Å². The van der Waals surface area contributed by atoms with Crippen LogP contribution in [0.3, 0.4) is 0 Å². The van der Waals surface area contributed by atoms with Crippen LogP contribution < -0.4 is 0 Å². The van der Waals surface area contributed by atoms with Gasteiger partial charge in [0.05, 0.1) is 0 Å². The SMILES string of the molecule is C=CCCC[C@H]1CC[C@H](c2ccc(C(C)=O)cc2)CC1. The molecule has 0 unspecified atom stereocenters. The zero-order valence-electron chi connectivity index (χ0n) is 12.6. The van der Waals surface area contributed by atoms with Crippen LogP contribution in [-0.2, 0) is 0 Å². The van der Waals surface area contributed by atoms with Crippen molar-refractivity contribution < 1.29 is 4.79 Å². The van der Waals surface area contributed by atoms with E-state index in [0.29, 0.717) is 5.92 Å². The molecular formula is C19H26O. The van der Waals surface area contributed by atoms with Crippen LogP contribution in [0.2, 0.25) is 0 Å². The minimum absolute atomic E-state index is 0.155. The highest BCUT2D eigenvalue weighted by Gasteiger charge is 2.21. The van der Waals surface area contributed by atoms with Crippen LogP contribution in [0.4, 0.5) is 0 Å². The molecule has 1 fully saturated rings. The Morgan fingerprint density at radius 3 is 2.40 bits per heavy atom. The Hall–Kier alpha value is -1.37. The van der Waals surface area contributed by atoms with Crippen molar-refractivity contribution in [3.8, 4) is 0 Å². The van der Waals surface area contributed by atoms with E-state index in [4.69, 9.17) is 0 Å². The molecule has 1 nitrogen and oxygen atoms in total. The number of Topliss-reactive ketones (excluding diaryl/α,β-unsaturated/α-hetero) is 1. The summed E-state index contributed by atoms with van der Waals surface area (Å²) in [5, 5.41) is 0. The maximum Gasteiger partial charge on any atom is 0.159 e. The predicted molar refractivity (Wildman–Crippen MR) is 85.2 cm³/mol. The van der Waals surface area contributed by atoms with E-state index in [-0.39, 0.29) is 5.78 Å². The molecule has 0 aromatic heterocycles. The van der Waals surface area contributed by atoms with Crippen molar-refractivity contribution >= 4 is 5.78 Å². The molecule has 0 saturated heterocycles. The molecular weight excluding hydrogens is 244 g/mol. The number of carbonyl (C=O) groups excluding carboxylic acids is 1. The third-order valence-corrected chi connectivity index (χ3v) is 4.66. The smallest absolute Gasteiger partial charge is 0.159 e. The molecule has 0 amide bonds. The van der Waals surface area contributed by atoms with Gasteiger partial charge in [-0.25, -0.2) is 0 Å². The van der Waals surface area contributed by atoms with Gasteiger partial charge >= 0.3 is 0 Å². The van der Waals surface area contributed by atoms with Crippen molar-refractivity contribution in [3.05, 3.63) is 48.0 Å². The van der Waals surface area contributed by atoms with E-state index in [9.17, 15) is 4.79 Å². The van der Waals surface area contributed by atoms with Gasteiger partial charge in [0.15, 0.2) is 5.78 Å². The fraction of sp³-hybridized carbons (Fsp3) is 0.526. The molecule has 0 atom stereocenters. The molecule has 1 saturated carbocycles. The van der Waals surface area contributed by atoms with E-state index >= 15 is 0 Å². The minimum Gasteiger partial charge on any atom is -0.295 e. The topological polar surface area (TPSA) is 17.1 Å². The lowest BCUT2D eigenvalue weighted by Crippen LogP contribution is -2.13. The lowest BCUT2D eigenvalue weighted by atomic mass is 9.77. The number of hydrogen-bond donors (Lipinski definition) is 0. The van der Waals surface area contributed by atoms with E-state index in [0.717, 1.165) is 17.9 Å². The molecule has 0 aliphatic heterocycles. The summed E-state index contributed by atoms with van der Waals surface area (Å²) in [4.78, 5) is 11.3. The lowest BCUT2D eigenvalue weighted by Gasteiger charge is -2.28. The second kappa shape index (κ2) is 7.42. The van der Waals surface area contributed by atoms with Gasteiger partial charge in [-0.05, 0) is 62.8 Å². The molecule has 0 heterocycles. The molecule has 0 N–H and O–H groups in total. The van der Waals surface area contributed by atoms with Gasteiger partial charge < -0.3 is 0 Å². The second-order valence-electron chi connectivity index (χ2n) is 6.12. The monoisotopic (exact) mass is 270 g/mol. The van der Waals surface area contributed by atoms with Crippen molar-refractivity contribution in [2.24, 2.45) is 5.92 Å². The predicted octanol–water partition coefficient (Wildman–Crippen LogP) is 5.52. The van der Waals surface area contributed by atoms with Crippen molar-refractivity contribution in [1.82, 2.24) is 0 Å². The third kappa shape index (κ3) is 4.06. The maximum absolute atomic E-state index is 11.3. The van der Waals surface area contributed by atoms with Crippen molar-refractivity contribution in [2.75, 3.05) is 0 Å². The van der Waals surface area contributed by atoms with E-state index in [2.05, 4.69) is 18.7 Å². The Bertz CT molecular complexity index is 435. The molecule has 0 spiro atoms. The second-order valence-corrected chi connectivity index (χ2v) is 6.12. The Labute approximate surface area is 123 Å². The molecule has 0 radical (unpaired) electrons. The van der Waals surface area contributed by atoms with Gasteiger partial charge in [-0.2, -0.15) is 0 Å². The Balaban J connectivity index is 1.84. The van der Waals surface area contributed by atoms with Gasteiger partial charge in [0.25, 0.3) is 0 Å². The van der Waals surface area contributed by atoms with Crippen LogP contribution in [0.5, 0.6) is 0 Å². The average molecular weight is 270 g/mol. The summed E-state index contributed by atoms with van der Waals surface area (Å²) in [5.74, 6) is 1.77. The van der Waals surface area contributed by atoms with Crippen molar-refractivity contribution in [2.45, 2.75) is 57.8 Å². The molecule has 1 aromatic carbocycles. The molecule has 1 aliphatic carbocycles. The zero-order chi connectivity index (χ0) is 14.4. The molecule has 1 aromatic rings. The van der Waals surface area contributed by atoms with Crippen LogP contribution in [-0.4, -0.2) is 5.78 Å². The zero-order valence-corrected chi connectivity index (χ0v) is 12.6. The molecule has 0 bridgehead atoms. The highest BCUT2D eigenvalue weighted by molar-refractivity contribution is 5.94. The van der Waals surface area contributed by atoms with Gasteiger partial charge in [0.2, 0.25) is 0 Å². The van der Waals surface area contributed by atoms with Crippen LogP contribution >= 0.6 is 0 Å². The number of carbonyl (C=O) groups is 1. The third-order valence-electron chi connectivity index (χ3n) is 4.66. The van der Waals surface area contributed by atoms with E-state index in [1.807, 2.05) is 18.2 Å². The summed E-state index contributed by atoms with van der Waals surface area (Å²) in [6.45, 7) is 5.42. The Morgan fingerprint density at radius 2 is 1.85 bits per heavy atom. The standard InChI is InChI=1S/C19H26O/c1-3-4-5-6-16-7-9-18(10-8-16)19-13-11-17(12-14-19)15(2)20/h3,11-14,16,18H,1,4-10H2,2H3/t16-,18-. The first-order valence-corrected chi connectivity index (χ1v) is 7.92. The summed E-state index contributed by atoms with van der Waals surface area (Å²) < 4.78 is 0. The van der Waals surface area contributed by atoms with Gasteiger partial charge in [-0.3, -0.25) is 4.79 Å². The quantitative estimate of drug-likeness (QED) is 0.378. The van der Waals surface area contributed by atoms with Gasteiger partial charge in [-0.15, -0.1) is 6.58 Å². The first-order valence-electron chi connectivity index (χ1n) is 7.92. The number of hydrogen-bond acceptors (Lipinski definition) is 1. The molecule has 2 rings (SSSR count). The molecule has 1 heteroatoms. The highest BCUT2D eigenvalue weighted by Crippen LogP contribution is 2.37. The average Bonchev–Trinajstić information content (AvgIpc) is 2.48. The minimum atomic E-state index is 0.155. The summed E-state index contributed by atoms with van der Waals surface area (Å²) in [6, 6.07) is 8.26. The lowest BCUT2D eigenvalue weighted by molar-refractivity contribution is 0.101. The number of benzene rings is 1. The van der Waals surface area contributed by atoms with E-state index in [1.54, 1.807) is 6.92 Å². The van der Waals surface area contributed by atoms with Crippen LogP contribution in [0.1, 0.15) is 73.7 Å². The van der Waals surface area contributed by atoms with Gasteiger partial charge in [-0.1, -0.05) is 36.8 Å². The number of ketones is 1. The summed E-state index contributed by atoms with van der Waals surface area (Å²) in [7, 11) is 0.